The molecule has 1 aromatic carbocycles. The fraction of sp³-hybridized carbons (Fsp3) is 0.250. The predicted octanol–water partition coefficient (Wildman–Crippen LogP) is 2.97. The average molecular weight is 203 g/mol. The summed E-state index contributed by atoms with van der Waals surface area (Å²) in [6, 6.07) is 5.94. The normalized spacial score (nSPS) is 10.3. The smallest absolute Gasteiger partial charge is 0.169 e. The van der Waals surface area contributed by atoms with Gasteiger partial charge in [0.15, 0.2) is 5.76 Å². The number of aryl methyl sites for hydroxylation is 2. The molecule has 0 aliphatic carbocycles. The zero-order valence-electron chi connectivity index (χ0n) is 9.07. The Morgan fingerprint density at radius 2 is 2.00 bits per heavy atom. The lowest BCUT2D eigenvalue weighted by atomic mass is 10.1. The van der Waals surface area contributed by atoms with Crippen LogP contribution in [0.15, 0.2) is 28.9 Å². The van der Waals surface area contributed by atoms with Crippen molar-refractivity contribution in [3.8, 4) is 17.1 Å². The van der Waals surface area contributed by atoms with Crippen LogP contribution in [0.5, 0.6) is 5.75 Å². The maximum Gasteiger partial charge on any atom is 0.169 e. The number of nitrogens with zero attached hydrogens (tertiary/aromatic N) is 1. The molecule has 15 heavy (non-hydrogen) atoms. The molecule has 3 nitrogen and oxygen atoms in total. The Morgan fingerprint density at radius 3 is 2.53 bits per heavy atom. The molecule has 2 rings (SSSR count). The highest BCUT2D eigenvalue weighted by Gasteiger charge is 2.08. The molecule has 0 radical (unpaired) electrons. The highest BCUT2D eigenvalue weighted by atomic mass is 16.5. The number of benzene rings is 1. The second-order valence-electron chi connectivity index (χ2n) is 3.52. The largest absolute Gasteiger partial charge is 0.496 e. The molecule has 0 aliphatic rings. The lowest BCUT2D eigenvalue weighted by molar-refractivity contribution is 0.411. The molecule has 0 saturated carbocycles. The maximum absolute atomic E-state index is 5.20. The Morgan fingerprint density at radius 1 is 1.20 bits per heavy atom. The summed E-state index contributed by atoms with van der Waals surface area (Å²) in [5.41, 5.74) is 3.16. The third kappa shape index (κ3) is 1.73. The minimum atomic E-state index is 0.820. The summed E-state index contributed by atoms with van der Waals surface area (Å²) in [6.07, 6.45) is 1.72. The molecule has 1 heterocycles. The average Bonchev–Trinajstić information content (AvgIpc) is 2.64. The van der Waals surface area contributed by atoms with Crippen LogP contribution in [-0.2, 0) is 0 Å². The molecule has 2 aromatic rings. The monoisotopic (exact) mass is 203 g/mol. The number of ether oxygens (including phenoxy) is 1. The minimum Gasteiger partial charge on any atom is -0.496 e. The molecule has 78 valence electrons. The van der Waals surface area contributed by atoms with Crippen LogP contribution in [0.4, 0.5) is 0 Å². The van der Waals surface area contributed by atoms with E-state index in [0.717, 1.165) is 28.2 Å². The van der Waals surface area contributed by atoms with Crippen LogP contribution in [0.2, 0.25) is 0 Å². The molecule has 1 aromatic heterocycles. The van der Waals surface area contributed by atoms with E-state index < -0.39 is 0 Å². The van der Waals surface area contributed by atoms with Crippen LogP contribution in [-0.4, -0.2) is 12.3 Å². The van der Waals surface area contributed by atoms with Crippen LogP contribution in [0.25, 0.3) is 11.3 Å². The highest BCUT2D eigenvalue weighted by Crippen LogP contribution is 2.27. The first-order valence-corrected chi connectivity index (χ1v) is 4.78. The Labute approximate surface area is 88.7 Å². The zero-order chi connectivity index (χ0) is 10.8. The van der Waals surface area contributed by atoms with E-state index in [9.17, 15) is 0 Å². The van der Waals surface area contributed by atoms with E-state index in [1.807, 2.05) is 32.0 Å². The topological polar surface area (TPSA) is 35.3 Å². The number of hydrogen-bond acceptors (Lipinski definition) is 3. The summed E-state index contributed by atoms with van der Waals surface area (Å²) in [5.74, 6) is 1.71. The van der Waals surface area contributed by atoms with E-state index >= 15 is 0 Å². The molecular weight excluding hydrogens is 190 g/mol. The molecule has 0 N–H and O–H groups in total. The molecule has 0 spiro atoms. The van der Waals surface area contributed by atoms with Crippen molar-refractivity contribution < 1.29 is 9.26 Å². The second kappa shape index (κ2) is 3.77. The van der Waals surface area contributed by atoms with Crippen LogP contribution >= 0.6 is 0 Å². The molecule has 0 fully saturated rings. The Kier molecular flexibility index (Phi) is 2.46. The number of aromatic nitrogens is 1. The lowest BCUT2D eigenvalue weighted by Crippen LogP contribution is -1.87. The summed E-state index contributed by atoms with van der Waals surface area (Å²) < 4.78 is 10.4. The van der Waals surface area contributed by atoms with Gasteiger partial charge in [-0.2, -0.15) is 0 Å². The van der Waals surface area contributed by atoms with E-state index in [-0.39, 0.29) is 0 Å². The molecule has 0 unspecified atom stereocenters. The van der Waals surface area contributed by atoms with Gasteiger partial charge >= 0.3 is 0 Å². The third-order valence-corrected chi connectivity index (χ3v) is 2.41. The van der Waals surface area contributed by atoms with Crippen LogP contribution < -0.4 is 4.74 Å². The van der Waals surface area contributed by atoms with Crippen molar-refractivity contribution in [2.45, 2.75) is 13.8 Å². The van der Waals surface area contributed by atoms with Gasteiger partial charge in [0.05, 0.1) is 13.3 Å². The summed E-state index contributed by atoms with van der Waals surface area (Å²) in [6.45, 7) is 3.99. The Balaban J connectivity index is 2.47. The van der Waals surface area contributed by atoms with E-state index in [1.54, 1.807) is 13.3 Å². The van der Waals surface area contributed by atoms with Gasteiger partial charge in [-0.05, 0) is 37.6 Å². The van der Waals surface area contributed by atoms with E-state index in [4.69, 9.17) is 9.26 Å². The van der Waals surface area contributed by atoms with Gasteiger partial charge in [-0.3, -0.25) is 0 Å². The first kappa shape index (κ1) is 9.77. The summed E-state index contributed by atoms with van der Waals surface area (Å²) in [4.78, 5) is 0. The first-order valence-electron chi connectivity index (χ1n) is 4.78. The van der Waals surface area contributed by atoms with Gasteiger partial charge in [-0.15, -0.1) is 0 Å². The van der Waals surface area contributed by atoms with Crippen molar-refractivity contribution in [3.63, 3.8) is 0 Å². The summed E-state index contributed by atoms with van der Waals surface area (Å²) >= 11 is 0. The molecule has 3 heteroatoms. The van der Waals surface area contributed by atoms with Gasteiger partial charge in [0, 0.05) is 11.1 Å². The molecule has 0 aliphatic heterocycles. The first-order chi connectivity index (χ1) is 7.22. The maximum atomic E-state index is 5.20. The van der Waals surface area contributed by atoms with Crippen LogP contribution in [0.1, 0.15) is 11.1 Å². The Bertz CT molecular complexity index is 474. The third-order valence-electron chi connectivity index (χ3n) is 2.41. The minimum absolute atomic E-state index is 0.820. The van der Waals surface area contributed by atoms with Crippen molar-refractivity contribution in [1.29, 1.82) is 0 Å². The molecule has 0 bridgehead atoms. The van der Waals surface area contributed by atoms with Gasteiger partial charge < -0.3 is 9.26 Å². The van der Waals surface area contributed by atoms with Crippen LogP contribution in [0, 0.1) is 13.8 Å². The molecule has 0 saturated heterocycles. The highest BCUT2D eigenvalue weighted by molar-refractivity contribution is 5.62. The lowest BCUT2D eigenvalue weighted by Gasteiger charge is -2.05. The fourth-order valence-electron chi connectivity index (χ4n) is 1.59. The number of methoxy groups -OCH3 is 1. The zero-order valence-corrected chi connectivity index (χ0v) is 9.07. The molecule has 0 atom stereocenters. The molecular formula is C12H13NO2. The van der Waals surface area contributed by atoms with Gasteiger partial charge in [0.2, 0.25) is 0 Å². The SMILES string of the molecule is COc1ccc(-c2oncc2C)cc1C. The summed E-state index contributed by atoms with van der Waals surface area (Å²) in [5, 5.41) is 3.76. The second-order valence-corrected chi connectivity index (χ2v) is 3.52. The number of hydrogen-bond donors (Lipinski definition) is 0. The van der Waals surface area contributed by atoms with E-state index in [2.05, 4.69) is 5.16 Å². The van der Waals surface area contributed by atoms with Crippen molar-refractivity contribution in [1.82, 2.24) is 5.16 Å². The predicted molar refractivity (Wildman–Crippen MR) is 58.0 cm³/mol. The summed E-state index contributed by atoms with van der Waals surface area (Å²) in [7, 11) is 1.67. The van der Waals surface area contributed by atoms with Gasteiger partial charge in [0.1, 0.15) is 5.75 Å². The van der Waals surface area contributed by atoms with Gasteiger partial charge in [-0.25, -0.2) is 0 Å². The van der Waals surface area contributed by atoms with Gasteiger partial charge in [-0.1, -0.05) is 5.16 Å². The number of rotatable bonds is 2. The van der Waals surface area contributed by atoms with Crippen molar-refractivity contribution in [2.24, 2.45) is 0 Å². The van der Waals surface area contributed by atoms with Crippen LogP contribution in [0.3, 0.4) is 0 Å². The van der Waals surface area contributed by atoms with E-state index in [0.29, 0.717) is 0 Å². The quantitative estimate of drug-likeness (QED) is 0.752. The van der Waals surface area contributed by atoms with Gasteiger partial charge in [0.25, 0.3) is 0 Å². The van der Waals surface area contributed by atoms with Crippen molar-refractivity contribution in [3.05, 3.63) is 35.5 Å². The standard InChI is InChI=1S/C12H13NO2/c1-8-6-10(4-5-11(8)14-3)12-9(2)7-13-15-12/h4-7H,1-3H3. The fourth-order valence-corrected chi connectivity index (χ4v) is 1.59. The van der Waals surface area contributed by atoms with E-state index in [1.165, 1.54) is 0 Å². The molecule has 0 amide bonds. The van der Waals surface area contributed by atoms with Crippen molar-refractivity contribution >= 4 is 0 Å². The Hall–Kier alpha value is -1.77. The van der Waals surface area contributed by atoms with Crippen molar-refractivity contribution in [2.75, 3.05) is 7.11 Å².